The van der Waals surface area contributed by atoms with E-state index < -0.39 is 12.2 Å². The summed E-state index contributed by atoms with van der Waals surface area (Å²) in [6.07, 6.45) is 12.1. The molecule has 0 aliphatic heterocycles. The molecular weight excluding hydrogens is 472 g/mol. The molecule has 7 rings (SSSR count). The summed E-state index contributed by atoms with van der Waals surface area (Å²) in [5.74, 6) is -0.251. The lowest BCUT2D eigenvalue weighted by Gasteiger charge is -2.61. The molecule has 5 aliphatic rings. The lowest BCUT2D eigenvalue weighted by atomic mass is 9.48. The second-order valence-corrected chi connectivity index (χ2v) is 13.1. The monoisotopic (exact) mass is 514 g/mol. The zero-order valence-corrected chi connectivity index (χ0v) is 23.3. The molecule has 3 saturated carbocycles. The highest BCUT2D eigenvalue weighted by Gasteiger charge is 2.63. The van der Waals surface area contributed by atoms with Crippen molar-refractivity contribution in [2.75, 3.05) is 0 Å². The van der Waals surface area contributed by atoms with Crippen molar-refractivity contribution < 1.29 is 19.1 Å². The molecule has 2 aromatic carbocycles. The first-order chi connectivity index (χ1) is 18.3. The van der Waals surface area contributed by atoms with E-state index in [1.54, 1.807) is 0 Å². The Hall–Kier alpha value is -2.62. The van der Waals surface area contributed by atoms with Crippen LogP contribution in [-0.2, 0) is 35.2 Å². The van der Waals surface area contributed by atoms with Gasteiger partial charge in [-0.05, 0) is 129 Å². The number of carbonyl (C=O) groups excluding carboxylic acids is 2. The van der Waals surface area contributed by atoms with Gasteiger partial charge in [-0.2, -0.15) is 0 Å². The summed E-state index contributed by atoms with van der Waals surface area (Å²) in [5, 5.41) is 0. The van der Waals surface area contributed by atoms with E-state index in [2.05, 4.69) is 32.9 Å². The molecule has 2 aromatic rings. The quantitative estimate of drug-likeness (QED) is 0.389. The second-order valence-electron chi connectivity index (χ2n) is 13.1. The van der Waals surface area contributed by atoms with E-state index in [0.717, 1.165) is 51.4 Å². The number of hydrogen-bond acceptors (Lipinski definition) is 4. The fourth-order valence-electron chi connectivity index (χ4n) is 7.90. The van der Waals surface area contributed by atoms with Crippen molar-refractivity contribution in [3.8, 4) is 0 Å². The maximum atomic E-state index is 13.6. The third-order valence-corrected chi connectivity index (χ3v) is 10.6. The van der Waals surface area contributed by atoms with Crippen LogP contribution in [0.1, 0.15) is 115 Å². The van der Waals surface area contributed by atoms with Crippen LogP contribution in [0.5, 0.6) is 0 Å². The Morgan fingerprint density at radius 2 is 1.13 bits per heavy atom. The Morgan fingerprint density at radius 1 is 0.684 bits per heavy atom. The highest BCUT2D eigenvalue weighted by Crippen LogP contribution is 2.61. The normalized spacial score (nSPS) is 29.9. The van der Waals surface area contributed by atoms with Crippen LogP contribution in [0.2, 0.25) is 0 Å². The molecular formula is C34H42O4. The zero-order chi connectivity index (χ0) is 26.5. The number of ether oxygens (including phenoxy) is 2. The van der Waals surface area contributed by atoms with Gasteiger partial charge in [0.2, 0.25) is 0 Å². The van der Waals surface area contributed by atoms with Gasteiger partial charge in [0.05, 0.1) is 11.1 Å². The van der Waals surface area contributed by atoms with Crippen LogP contribution < -0.4 is 0 Å². The van der Waals surface area contributed by atoms with Crippen LogP contribution in [-0.4, -0.2) is 24.1 Å². The van der Waals surface area contributed by atoms with Crippen LogP contribution in [0, 0.1) is 16.7 Å². The molecule has 0 heterocycles. The van der Waals surface area contributed by atoms with Crippen molar-refractivity contribution in [1.82, 2.24) is 0 Å². The number of hydrogen-bond donors (Lipinski definition) is 0. The van der Waals surface area contributed by atoms with Crippen LogP contribution in [0.4, 0.5) is 0 Å². The predicted molar refractivity (Wildman–Crippen MR) is 148 cm³/mol. The fourth-order valence-corrected chi connectivity index (χ4v) is 7.90. The Morgan fingerprint density at radius 3 is 1.61 bits per heavy atom. The largest absolute Gasteiger partial charge is 0.454 e. The Kier molecular flexibility index (Phi) is 6.64. The van der Waals surface area contributed by atoms with E-state index in [-0.39, 0.29) is 22.8 Å². The third-order valence-electron chi connectivity index (χ3n) is 10.6. The summed E-state index contributed by atoms with van der Waals surface area (Å²) in [6, 6.07) is 12.1. The van der Waals surface area contributed by atoms with Gasteiger partial charge in [0.25, 0.3) is 0 Å². The fraction of sp³-hybridized carbons (Fsp3) is 0.588. The van der Waals surface area contributed by atoms with Gasteiger partial charge in [-0.25, -0.2) is 9.59 Å². The number of esters is 2. The molecule has 38 heavy (non-hydrogen) atoms. The minimum atomic E-state index is -0.447. The Bertz CT molecular complexity index is 1230. The number of carbonyl (C=O) groups is 2. The van der Waals surface area contributed by atoms with E-state index >= 15 is 0 Å². The zero-order valence-electron chi connectivity index (χ0n) is 23.3. The summed E-state index contributed by atoms with van der Waals surface area (Å²) in [7, 11) is 0. The maximum Gasteiger partial charge on any atom is 0.338 e. The molecule has 5 aliphatic carbocycles. The van der Waals surface area contributed by atoms with Crippen molar-refractivity contribution >= 4 is 11.9 Å². The van der Waals surface area contributed by atoms with E-state index in [4.69, 9.17) is 9.47 Å². The van der Waals surface area contributed by atoms with E-state index in [1.165, 1.54) is 47.9 Å². The molecule has 0 saturated heterocycles. The first-order valence-corrected chi connectivity index (χ1v) is 14.9. The minimum absolute atomic E-state index is 0.178. The highest BCUT2D eigenvalue weighted by molar-refractivity contribution is 5.91. The number of fused-ring (bicyclic) bond motifs is 5. The molecule has 0 unspecified atom stereocenters. The Labute approximate surface area is 227 Å². The van der Waals surface area contributed by atoms with Gasteiger partial charge in [-0.3, -0.25) is 0 Å². The molecule has 3 fully saturated rings. The summed E-state index contributed by atoms with van der Waals surface area (Å²) in [4.78, 5) is 27.2. The Balaban J connectivity index is 1.29. The van der Waals surface area contributed by atoms with Crippen molar-refractivity contribution in [1.29, 1.82) is 0 Å². The highest BCUT2D eigenvalue weighted by atomic mass is 16.6. The molecule has 2 bridgehead atoms. The predicted octanol–water partition coefficient (Wildman–Crippen LogP) is 7.43. The van der Waals surface area contributed by atoms with Crippen LogP contribution in [0.3, 0.4) is 0 Å². The number of aryl methyl sites for hydroxylation is 4. The average Bonchev–Trinajstić information content (AvgIpc) is 2.94. The molecule has 202 valence electrons. The van der Waals surface area contributed by atoms with Gasteiger partial charge in [-0.15, -0.1) is 0 Å². The molecule has 0 amide bonds. The van der Waals surface area contributed by atoms with Crippen LogP contribution >= 0.6 is 0 Å². The first kappa shape index (κ1) is 25.6. The molecule has 0 spiro atoms. The minimum Gasteiger partial charge on any atom is -0.454 e. The van der Waals surface area contributed by atoms with Gasteiger partial charge < -0.3 is 9.47 Å². The summed E-state index contributed by atoms with van der Waals surface area (Å²) >= 11 is 0. The lowest BCUT2D eigenvalue weighted by molar-refractivity contribution is -0.210. The van der Waals surface area contributed by atoms with Gasteiger partial charge in [0.15, 0.2) is 0 Å². The molecule has 4 nitrogen and oxygen atoms in total. The smallest absolute Gasteiger partial charge is 0.338 e. The van der Waals surface area contributed by atoms with Crippen LogP contribution in [0.15, 0.2) is 36.4 Å². The second kappa shape index (κ2) is 9.84. The lowest BCUT2D eigenvalue weighted by Crippen LogP contribution is -2.64. The number of rotatable bonds is 5. The van der Waals surface area contributed by atoms with Gasteiger partial charge >= 0.3 is 11.9 Å². The first-order valence-electron chi connectivity index (χ1n) is 14.9. The number of benzene rings is 2. The third kappa shape index (κ3) is 4.38. The van der Waals surface area contributed by atoms with Crippen molar-refractivity contribution in [3.05, 3.63) is 69.8 Å². The summed E-state index contributed by atoms with van der Waals surface area (Å²) in [5.41, 5.74) is 6.13. The van der Waals surface area contributed by atoms with Gasteiger partial charge in [-0.1, -0.05) is 32.9 Å². The van der Waals surface area contributed by atoms with Crippen molar-refractivity contribution in [3.63, 3.8) is 0 Å². The molecule has 0 N–H and O–H groups in total. The van der Waals surface area contributed by atoms with Gasteiger partial charge in [0, 0.05) is 10.8 Å². The SMILES string of the molecule is CC(C)C12CCC(C)(CC1)[C@H](OC(=O)c1ccc3c(c1)CCCC3)[C@@H]2OC(=O)c1ccc2c(c1)CCCC2. The van der Waals surface area contributed by atoms with Crippen LogP contribution in [0.25, 0.3) is 0 Å². The maximum absolute atomic E-state index is 13.6. The van der Waals surface area contributed by atoms with E-state index in [9.17, 15) is 9.59 Å². The van der Waals surface area contributed by atoms with Gasteiger partial charge in [0.1, 0.15) is 12.2 Å². The molecule has 4 heteroatoms. The average molecular weight is 515 g/mol. The molecule has 0 radical (unpaired) electrons. The molecule has 0 aromatic heterocycles. The standard InChI is InChI=1S/C34H42O4/c1-22(2)34-18-16-33(3,17-19-34)29(37-31(35)27-14-12-23-8-4-6-10-25(23)20-27)30(34)38-32(36)28-15-13-24-9-5-7-11-26(24)21-28/h12-15,20-22,29-30H,4-11,16-19H2,1-3H3/t29-,30+,33?,34?/m1/s1. The van der Waals surface area contributed by atoms with Crippen molar-refractivity contribution in [2.45, 2.75) is 110 Å². The summed E-state index contributed by atoms with van der Waals surface area (Å²) in [6.45, 7) is 6.69. The summed E-state index contributed by atoms with van der Waals surface area (Å²) < 4.78 is 12.9. The van der Waals surface area contributed by atoms with E-state index in [1.807, 2.05) is 24.3 Å². The van der Waals surface area contributed by atoms with E-state index in [0.29, 0.717) is 17.0 Å². The topological polar surface area (TPSA) is 52.6 Å². The molecule has 2 atom stereocenters. The van der Waals surface area contributed by atoms with Crippen molar-refractivity contribution in [2.24, 2.45) is 16.7 Å².